The van der Waals surface area contributed by atoms with E-state index in [-0.39, 0.29) is 16.7 Å². The van der Waals surface area contributed by atoms with Crippen molar-refractivity contribution in [1.82, 2.24) is 0 Å². The minimum atomic E-state index is -3.68. The number of nitro groups is 1. The molecule has 2 N–H and O–H groups in total. The minimum absolute atomic E-state index is 0.00148. The molecule has 2 rings (SSSR count). The van der Waals surface area contributed by atoms with Crippen molar-refractivity contribution in [3.05, 3.63) is 28.3 Å². The van der Waals surface area contributed by atoms with Gasteiger partial charge in [-0.1, -0.05) is 6.07 Å². The average Bonchev–Trinajstić information content (AvgIpc) is 2.31. The molecule has 1 aromatic rings. The van der Waals surface area contributed by atoms with Gasteiger partial charge in [0.2, 0.25) is 0 Å². The van der Waals surface area contributed by atoms with E-state index in [1.807, 2.05) is 0 Å². The van der Waals surface area contributed by atoms with Crippen LogP contribution >= 0.6 is 0 Å². The van der Waals surface area contributed by atoms with Crippen LogP contribution in [0, 0.1) is 16.0 Å². The maximum atomic E-state index is 11.6. The van der Waals surface area contributed by atoms with Gasteiger partial charge in [-0.05, 0) is 37.4 Å². The molecule has 20 heavy (non-hydrogen) atoms. The molecule has 0 bridgehead atoms. The summed E-state index contributed by atoms with van der Waals surface area (Å²) >= 11 is 0. The Morgan fingerprint density at radius 2 is 2.10 bits per heavy atom. The number of nitro benzene ring substituents is 1. The topological polar surface area (TPSA) is 113 Å². The summed E-state index contributed by atoms with van der Waals surface area (Å²) in [6.07, 6.45) is 2.26. The summed E-state index contributed by atoms with van der Waals surface area (Å²) in [6, 6.07) is 4.07. The van der Waals surface area contributed by atoms with E-state index in [9.17, 15) is 18.5 Å². The number of benzene rings is 1. The highest BCUT2D eigenvalue weighted by molar-refractivity contribution is 7.90. The molecule has 1 saturated carbocycles. The SMILES string of the molecule is CS(=O)(=O)c1cccc(OC2CC(CN)C2)c1[N+](=O)[O-]. The van der Waals surface area contributed by atoms with Crippen molar-refractivity contribution < 1.29 is 18.1 Å². The Kier molecular flexibility index (Phi) is 3.96. The molecule has 0 aromatic heterocycles. The Morgan fingerprint density at radius 3 is 2.60 bits per heavy atom. The highest BCUT2D eigenvalue weighted by Crippen LogP contribution is 2.38. The number of nitrogens with two attached hydrogens (primary N) is 1. The van der Waals surface area contributed by atoms with E-state index in [1.54, 1.807) is 0 Å². The predicted octanol–water partition coefficient (Wildman–Crippen LogP) is 1.11. The Balaban J connectivity index is 2.32. The summed E-state index contributed by atoms with van der Waals surface area (Å²) in [6.45, 7) is 0.561. The Labute approximate surface area is 116 Å². The molecular weight excluding hydrogens is 284 g/mol. The molecule has 1 fully saturated rings. The van der Waals surface area contributed by atoms with Gasteiger partial charge in [0.1, 0.15) is 4.90 Å². The summed E-state index contributed by atoms with van der Waals surface area (Å²) < 4.78 is 28.8. The molecule has 8 heteroatoms. The van der Waals surface area contributed by atoms with E-state index in [4.69, 9.17) is 10.5 Å². The zero-order chi connectivity index (χ0) is 14.9. The van der Waals surface area contributed by atoms with Crippen LogP contribution < -0.4 is 10.5 Å². The number of nitrogens with zero attached hydrogens (tertiary/aromatic N) is 1. The van der Waals surface area contributed by atoms with Gasteiger partial charge >= 0.3 is 5.69 Å². The second kappa shape index (κ2) is 5.37. The first-order valence-corrected chi connectivity index (χ1v) is 8.06. The van der Waals surface area contributed by atoms with Gasteiger partial charge in [0.25, 0.3) is 0 Å². The highest BCUT2D eigenvalue weighted by Gasteiger charge is 2.33. The zero-order valence-corrected chi connectivity index (χ0v) is 11.8. The number of rotatable bonds is 5. The molecular formula is C12H16N2O5S. The third-order valence-electron chi connectivity index (χ3n) is 3.36. The van der Waals surface area contributed by atoms with E-state index < -0.39 is 20.4 Å². The van der Waals surface area contributed by atoms with Crippen LogP contribution in [0.4, 0.5) is 5.69 Å². The quantitative estimate of drug-likeness (QED) is 0.644. The van der Waals surface area contributed by atoms with Crippen molar-refractivity contribution in [2.24, 2.45) is 11.7 Å². The summed E-state index contributed by atoms with van der Waals surface area (Å²) in [5.74, 6) is 0.371. The molecule has 7 nitrogen and oxygen atoms in total. The molecule has 0 heterocycles. The number of hydrogen-bond acceptors (Lipinski definition) is 6. The standard InChI is InChI=1S/C12H16N2O5S/c1-20(17,18)11-4-2-3-10(12(11)14(15)16)19-9-5-8(6-9)7-13/h2-4,8-9H,5-7,13H2,1H3. The van der Waals surface area contributed by atoms with Crippen LogP contribution in [0.15, 0.2) is 23.1 Å². The van der Waals surface area contributed by atoms with Crippen molar-refractivity contribution in [1.29, 1.82) is 0 Å². The fraction of sp³-hybridized carbons (Fsp3) is 0.500. The summed E-state index contributed by atoms with van der Waals surface area (Å²) in [7, 11) is -3.68. The van der Waals surface area contributed by atoms with Gasteiger partial charge in [0.15, 0.2) is 15.6 Å². The third-order valence-corrected chi connectivity index (χ3v) is 4.49. The van der Waals surface area contributed by atoms with Crippen LogP contribution in [-0.2, 0) is 9.84 Å². The maximum absolute atomic E-state index is 11.6. The third kappa shape index (κ3) is 2.91. The number of ether oxygens (including phenoxy) is 1. The first-order chi connectivity index (χ1) is 9.32. The van der Waals surface area contributed by atoms with Gasteiger partial charge in [0, 0.05) is 6.26 Å². The number of sulfone groups is 1. The molecule has 0 radical (unpaired) electrons. The Bertz CT molecular complexity index is 623. The maximum Gasteiger partial charge on any atom is 0.329 e. The summed E-state index contributed by atoms with van der Waals surface area (Å²) in [5.41, 5.74) is 5.01. The molecule has 0 atom stereocenters. The lowest BCUT2D eigenvalue weighted by Gasteiger charge is -2.34. The van der Waals surface area contributed by atoms with Crippen LogP contribution in [0.25, 0.3) is 0 Å². The van der Waals surface area contributed by atoms with Crippen molar-refractivity contribution >= 4 is 15.5 Å². The van der Waals surface area contributed by atoms with Crippen LogP contribution in [-0.4, -0.2) is 32.2 Å². The summed E-state index contributed by atoms with van der Waals surface area (Å²) in [4.78, 5) is 10.1. The van der Waals surface area contributed by atoms with Gasteiger partial charge in [-0.2, -0.15) is 0 Å². The van der Waals surface area contributed by atoms with Crippen LogP contribution in [0.2, 0.25) is 0 Å². The Hall–Kier alpha value is -1.67. The van der Waals surface area contributed by atoms with Gasteiger partial charge < -0.3 is 10.5 Å². The molecule has 1 aliphatic rings. The van der Waals surface area contributed by atoms with Gasteiger partial charge in [-0.15, -0.1) is 0 Å². The van der Waals surface area contributed by atoms with Crippen molar-refractivity contribution in [3.63, 3.8) is 0 Å². The number of para-hydroxylation sites is 1. The number of hydrogen-bond donors (Lipinski definition) is 1. The highest BCUT2D eigenvalue weighted by atomic mass is 32.2. The zero-order valence-electron chi connectivity index (χ0n) is 11.0. The van der Waals surface area contributed by atoms with E-state index in [1.165, 1.54) is 18.2 Å². The van der Waals surface area contributed by atoms with Gasteiger partial charge in [-0.3, -0.25) is 10.1 Å². The molecule has 0 saturated heterocycles. The monoisotopic (exact) mass is 300 g/mol. The van der Waals surface area contributed by atoms with E-state index in [0.717, 1.165) is 19.1 Å². The Morgan fingerprint density at radius 1 is 1.45 bits per heavy atom. The smallest absolute Gasteiger partial charge is 0.329 e. The van der Waals surface area contributed by atoms with Gasteiger partial charge in [-0.25, -0.2) is 8.42 Å². The normalized spacial score (nSPS) is 22.1. The second-order valence-electron chi connectivity index (χ2n) is 4.95. The molecule has 1 aromatic carbocycles. The lowest BCUT2D eigenvalue weighted by atomic mass is 9.82. The van der Waals surface area contributed by atoms with Crippen LogP contribution in [0.3, 0.4) is 0 Å². The molecule has 0 aliphatic heterocycles. The second-order valence-corrected chi connectivity index (χ2v) is 6.93. The largest absolute Gasteiger partial charge is 0.483 e. The van der Waals surface area contributed by atoms with Crippen molar-refractivity contribution in [2.75, 3.05) is 12.8 Å². The van der Waals surface area contributed by atoms with E-state index in [0.29, 0.717) is 12.5 Å². The first kappa shape index (κ1) is 14.7. The van der Waals surface area contributed by atoms with Crippen molar-refractivity contribution in [2.45, 2.75) is 23.8 Å². The van der Waals surface area contributed by atoms with Crippen molar-refractivity contribution in [3.8, 4) is 5.75 Å². The van der Waals surface area contributed by atoms with Crippen LogP contribution in [0.5, 0.6) is 5.75 Å². The fourth-order valence-electron chi connectivity index (χ4n) is 2.22. The fourth-order valence-corrected chi connectivity index (χ4v) is 3.07. The molecule has 1 aliphatic carbocycles. The molecule has 0 spiro atoms. The van der Waals surface area contributed by atoms with Crippen LogP contribution in [0.1, 0.15) is 12.8 Å². The average molecular weight is 300 g/mol. The van der Waals surface area contributed by atoms with Gasteiger partial charge in [0.05, 0.1) is 11.0 Å². The molecule has 0 unspecified atom stereocenters. The summed E-state index contributed by atoms with van der Waals surface area (Å²) in [5, 5.41) is 11.1. The lowest BCUT2D eigenvalue weighted by molar-refractivity contribution is -0.389. The lowest BCUT2D eigenvalue weighted by Crippen LogP contribution is -2.37. The van der Waals surface area contributed by atoms with E-state index in [2.05, 4.69) is 0 Å². The minimum Gasteiger partial charge on any atom is -0.483 e. The molecule has 110 valence electrons. The first-order valence-electron chi connectivity index (χ1n) is 6.17. The molecule has 0 amide bonds. The van der Waals surface area contributed by atoms with E-state index >= 15 is 0 Å². The predicted molar refractivity (Wildman–Crippen MR) is 72.4 cm³/mol.